The highest BCUT2D eigenvalue weighted by atomic mass is 32.2. The van der Waals surface area contributed by atoms with E-state index in [4.69, 9.17) is 0 Å². The lowest BCUT2D eigenvalue weighted by Gasteiger charge is -2.23. The second-order valence-electron chi connectivity index (χ2n) is 7.66. The Labute approximate surface area is 152 Å². The molecule has 1 saturated heterocycles. The maximum atomic E-state index is 12.9. The van der Waals surface area contributed by atoms with E-state index < -0.39 is 21.4 Å². The zero-order valence-electron chi connectivity index (χ0n) is 14.3. The molecule has 1 aliphatic heterocycles. The molecule has 2 atom stereocenters. The third kappa shape index (κ3) is 2.91. The molecule has 1 aromatic rings. The Bertz CT molecular complexity index is 864. The number of rotatable bonds is 5. The van der Waals surface area contributed by atoms with Crippen LogP contribution in [0.1, 0.15) is 42.5 Å². The first-order valence-corrected chi connectivity index (χ1v) is 10.5. The van der Waals surface area contributed by atoms with Gasteiger partial charge in [0.05, 0.1) is 10.3 Å². The highest BCUT2D eigenvalue weighted by molar-refractivity contribution is 7.89. The van der Waals surface area contributed by atoms with E-state index >= 15 is 0 Å². The van der Waals surface area contributed by atoms with Gasteiger partial charge in [-0.2, -0.15) is 0 Å². The van der Waals surface area contributed by atoms with E-state index in [1.165, 1.54) is 12.1 Å². The van der Waals surface area contributed by atoms with Gasteiger partial charge in [-0.15, -0.1) is 0 Å². The summed E-state index contributed by atoms with van der Waals surface area (Å²) < 4.78 is 27.3. The maximum Gasteiger partial charge on any atom is 0.311 e. The third-order valence-electron chi connectivity index (χ3n) is 5.87. The van der Waals surface area contributed by atoms with Crippen molar-refractivity contribution in [3.63, 3.8) is 0 Å². The molecule has 1 aromatic carbocycles. The minimum atomic E-state index is -3.63. The number of nitrogens with zero attached hydrogens (tertiary/aromatic N) is 1. The lowest BCUT2D eigenvalue weighted by atomic mass is 9.81. The summed E-state index contributed by atoms with van der Waals surface area (Å²) in [7, 11) is -3.63. The van der Waals surface area contributed by atoms with Crippen LogP contribution in [0.15, 0.2) is 29.2 Å². The van der Waals surface area contributed by atoms with Gasteiger partial charge in [0, 0.05) is 24.7 Å². The molecule has 0 radical (unpaired) electrons. The van der Waals surface area contributed by atoms with Crippen LogP contribution >= 0.6 is 0 Å². The van der Waals surface area contributed by atoms with Crippen molar-refractivity contribution in [2.24, 2.45) is 11.3 Å². The molecule has 2 saturated carbocycles. The van der Waals surface area contributed by atoms with Crippen LogP contribution in [0.2, 0.25) is 0 Å². The Morgan fingerprint density at radius 1 is 1.23 bits per heavy atom. The molecule has 3 aliphatic rings. The molecule has 0 spiro atoms. The van der Waals surface area contributed by atoms with E-state index in [-0.39, 0.29) is 34.9 Å². The summed E-state index contributed by atoms with van der Waals surface area (Å²) in [6.45, 7) is 0.617. The van der Waals surface area contributed by atoms with Crippen molar-refractivity contribution >= 4 is 21.9 Å². The second kappa shape index (κ2) is 6.06. The normalized spacial score (nSPS) is 28.2. The SMILES string of the molecule is O=C(c1cccc(S(=O)(=O)NC2CC2)c1)N1C[C@@H]2CCC[C@@]2(C(=O)O)C1. The van der Waals surface area contributed by atoms with Crippen LogP contribution in [0, 0.1) is 11.3 Å². The number of carbonyl (C=O) groups excluding carboxylic acids is 1. The summed E-state index contributed by atoms with van der Waals surface area (Å²) in [4.78, 5) is 26.3. The zero-order chi connectivity index (χ0) is 18.5. The summed E-state index contributed by atoms with van der Waals surface area (Å²) in [6, 6.07) is 5.99. The molecular weight excluding hydrogens is 356 g/mol. The number of carbonyl (C=O) groups is 2. The topological polar surface area (TPSA) is 104 Å². The number of likely N-dealkylation sites (tertiary alicyclic amines) is 1. The quantitative estimate of drug-likeness (QED) is 0.807. The zero-order valence-corrected chi connectivity index (χ0v) is 15.2. The molecule has 0 aromatic heterocycles. The number of fused-ring (bicyclic) bond motifs is 1. The molecule has 2 N–H and O–H groups in total. The summed E-state index contributed by atoms with van der Waals surface area (Å²) in [6.07, 6.45) is 3.96. The Morgan fingerprint density at radius 3 is 2.65 bits per heavy atom. The summed E-state index contributed by atoms with van der Waals surface area (Å²) in [5.41, 5.74) is -0.559. The van der Waals surface area contributed by atoms with Crippen molar-refractivity contribution < 1.29 is 23.1 Å². The summed E-state index contributed by atoms with van der Waals surface area (Å²) in [5, 5.41) is 9.66. The number of carboxylic acids is 1. The maximum absolute atomic E-state index is 12.9. The smallest absolute Gasteiger partial charge is 0.311 e. The van der Waals surface area contributed by atoms with E-state index in [2.05, 4.69) is 4.72 Å². The number of carboxylic acid groups (broad SMARTS) is 1. The largest absolute Gasteiger partial charge is 0.481 e. The van der Waals surface area contributed by atoms with E-state index in [1.54, 1.807) is 17.0 Å². The average Bonchev–Trinajstić information content (AvgIpc) is 3.17. The fourth-order valence-corrected chi connectivity index (χ4v) is 5.61. The van der Waals surface area contributed by atoms with Crippen LogP contribution in [0.3, 0.4) is 0 Å². The van der Waals surface area contributed by atoms with Crippen molar-refractivity contribution in [1.29, 1.82) is 0 Å². The van der Waals surface area contributed by atoms with Crippen molar-refractivity contribution in [2.75, 3.05) is 13.1 Å². The number of hydrogen-bond donors (Lipinski definition) is 2. The fraction of sp³-hybridized carbons (Fsp3) is 0.556. The van der Waals surface area contributed by atoms with Crippen molar-refractivity contribution in [3.05, 3.63) is 29.8 Å². The van der Waals surface area contributed by atoms with E-state index in [9.17, 15) is 23.1 Å². The number of benzene rings is 1. The van der Waals surface area contributed by atoms with Crippen LogP contribution in [0.25, 0.3) is 0 Å². The lowest BCUT2D eigenvalue weighted by Crippen LogP contribution is -2.37. The fourth-order valence-electron chi connectivity index (χ4n) is 4.26. The first-order valence-electron chi connectivity index (χ1n) is 8.97. The van der Waals surface area contributed by atoms with Crippen LogP contribution < -0.4 is 4.72 Å². The van der Waals surface area contributed by atoms with Gasteiger partial charge in [0.15, 0.2) is 0 Å². The Morgan fingerprint density at radius 2 is 2.00 bits per heavy atom. The van der Waals surface area contributed by atoms with Gasteiger partial charge in [0.1, 0.15) is 0 Å². The molecule has 8 heteroatoms. The van der Waals surface area contributed by atoms with E-state index in [0.717, 1.165) is 25.7 Å². The number of nitrogens with one attached hydrogen (secondary N) is 1. The van der Waals surface area contributed by atoms with Gasteiger partial charge < -0.3 is 10.0 Å². The molecule has 0 bridgehead atoms. The average molecular weight is 378 g/mol. The minimum absolute atomic E-state index is 0.00672. The van der Waals surface area contributed by atoms with Gasteiger partial charge in [0.2, 0.25) is 10.0 Å². The number of aliphatic carboxylic acids is 1. The second-order valence-corrected chi connectivity index (χ2v) is 9.37. The molecule has 4 rings (SSSR count). The summed E-state index contributed by atoms with van der Waals surface area (Å²) >= 11 is 0. The Hall–Kier alpha value is -1.93. The van der Waals surface area contributed by atoms with Gasteiger partial charge in [-0.1, -0.05) is 12.5 Å². The standard InChI is InChI=1S/C18H22N2O5S/c21-16(20-10-13-4-2-8-18(13,11-20)17(22)23)12-3-1-5-15(9-12)26(24,25)19-14-6-7-14/h1,3,5,9,13-14,19H,2,4,6-8,10-11H2,(H,22,23)/t13-,18+/m0/s1. The molecule has 1 amide bonds. The molecule has 140 valence electrons. The molecule has 3 fully saturated rings. The van der Waals surface area contributed by atoms with E-state index in [0.29, 0.717) is 13.0 Å². The van der Waals surface area contributed by atoms with Crippen LogP contribution in [0.4, 0.5) is 0 Å². The monoisotopic (exact) mass is 378 g/mol. The van der Waals surface area contributed by atoms with Gasteiger partial charge in [-0.05, 0) is 49.8 Å². The number of sulfonamides is 1. The third-order valence-corrected chi connectivity index (χ3v) is 7.39. The van der Waals surface area contributed by atoms with Crippen molar-refractivity contribution in [3.8, 4) is 0 Å². The van der Waals surface area contributed by atoms with Crippen molar-refractivity contribution in [2.45, 2.75) is 43.0 Å². The highest BCUT2D eigenvalue weighted by Crippen LogP contribution is 2.49. The van der Waals surface area contributed by atoms with Crippen LogP contribution in [-0.4, -0.2) is 49.4 Å². The highest BCUT2D eigenvalue weighted by Gasteiger charge is 2.55. The molecular formula is C18H22N2O5S. The number of amides is 1. The number of hydrogen-bond acceptors (Lipinski definition) is 4. The molecule has 26 heavy (non-hydrogen) atoms. The van der Waals surface area contributed by atoms with E-state index in [1.807, 2.05) is 0 Å². The van der Waals surface area contributed by atoms with Crippen LogP contribution in [0.5, 0.6) is 0 Å². The Kier molecular flexibility index (Phi) is 4.07. The first kappa shape index (κ1) is 17.5. The van der Waals surface area contributed by atoms with Crippen LogP contribution in [-0.2, 0) is 14.8 Å². The van der Waals surface area contributed by atoms with Gasteiger partial charge in [0.25, 0.3) is 5.91 Å². The van der Waals surface area contributed by atoms with Gasteiger partial charge >= 0.3 is 5.97 Å². The molecule has 1 heterocycles. The minimum Gasteiger partial charge on any atom is -0.481 e. The molecule has 0 unspecified atom stereocenters. The molecule has 2 aliphatic carbocycles. The van der Waals surface area contributed by atoms with Gasteiger partial charge in [-0.25, -0.2) is 13.1 Å². The summed E-state index contributed by atoms with van der Waals surface area (Å²) in [5.74, 6) is -1.16. The van der Waals surface area contributed by atoms with Crippen molar-refractivity contribution in [1.82, 2.24) is 9.62 Å². The molecule has 7 nitrogen and oxygen atoms in total. The van der Waals surface area contributed by atoms with Gasteiger partial charge in [-0.3, -0.25) is 9.59 Å². The Balaban J connectivity index is 1.56. The first-order chi connectivity index (χ1) is 12.3. The predicted molar refractivity (Wildman–Crippen MR) is 93.1 cm³/mol. The lowest BCUT2D eigenvalue weighted by molar-refractivity contribution is -0.149. The predicted octanol–water partition coefficient (Wildman–Crippen LogP) is 1.45.